The SMILES string of the molecule is CCOc1cc(C(C)(C)C)ccc1C1=N[C@@H](c2ccc(Cl)cc2)[C@@H](c2ccc(Cl)cc2)N1C(=O)N1CCN(CCNC(C)=O)CC1.Cl. The summed E-state index contributed by atoms with van der Waals surface area (Å²) in [7, 11) is 0. The molecule has 0 spiro atoms. The van der Waals surface area contributed by atoms with Crippen molar-refractivity contribution in [2.45, 2.75) is 52.1 Å². The number of amidine groups is 1. The summed E-state index contributed by atoms with van der Waals surface area (Å²) < 4.78 is 6.24. The number of ether oxygens (including phenoxy) is 1. The largest absolute Gasteiger partial charge is 0.493 e. The van der Waals surface area contributed by atoms with E-state index in [1.165, 1.54) is 6.92 Å². The minimum Gasteiger partial charge on any atom is -0.493 e. The van der Waals surface area contributed by atoms with E-state index in [1.807, 2.05) is 71.3 Å². The minimum atomic E-state index is -0.435. The zero-order valence-corrected chi connectivity index (χ0v) is 30.0. The molecule has 0 aliphatic carbocycles. The van der Waals surface area contributed by atoms with E-state index in [-0.39, 0.29) is 29.8 Å². The molecule has 5 rings (SSSR count). The fourth-order valence-corrected chi connectivity index (χ4v) is 6.26. The molecular weight excluding hydrogens is 657 g/mol. The smallest absolute Gasteiger partial charge is 0.326 e. The Balaban J connectivity index is 0.00000500. The Hall–Kier alpha value is -3.30. The van der Waals surface area contributed by atoms with Crippen LogP contribution in [0.2, 0.25) is 10.0 Å². The normalized spacial score (nSPS) is 18.4. The van der Waals surface area contributed by atoms with Crippen LogP contribution < -0.4 is 10.1 Å². The third kappa shape index (κ3) is 8.60. The number of nitrogens with zero attached hydrogens (tertiary/aromatic N) is 4. The molecule has 8 nitrogen and oxygen atoms in total. The zero-order chi connectivity index (χ0) is 33.0. The molecule has 0 bridgehead atoms. The van der Waals surface area contributed by atoms with Crippen LogP contribution in [0, 0.1) is 0 Å². The molecule has 0 saturated carbocycles. The number of piperazine rings is 1. The van der Waals surface area contributed by atoms with Crippen LogP contribution in [-0.4, -0.2) is 78.3 Å². The molecule has 3 amide bonds. The molecule has 47 heavy (non-hydrogen) atoms. The predicted molar refractivity (Wildman–Crippen MR) is 192 cm³/mol. The van der Waals surface area contributed by atoms with Crippen molar-refractivity contribution in [1.82, 2.24) is 20.0 Å². The monoisotopic (exact) mass is 699 g/mol. The number of halogens is 3. The number of hydrogen-bond donors (Lipinski definition) is 1. The Bertz CT molecular complexity index is 1570. The molecule has 1 fully saturated rings. The van der Waals surface area contributed by atoms with Crippen molar-refractivity contribution < 1.29 is 14.3 Å². The molecule has 0 unspecified atom stereocenters. The van der Waals surface area contributed by atoms with Crippen LogP contribution in [0.4, 0.5) is 4.79 Å². The Labute approximate surface area is 294 Å². The Kier molecular flexibility index (Phi) is 12.2. The number of aliphatic imine (C=N–C) groups is 1. The fourth-order valence-electron chi connectivity index (χ4n) is 6.01. The maximum absolute atomic E-state index is 14.8. The first-order valence-corrected chi connectivity index (χ1v) is 16.6. The van der Waals surface area contributed by atoms with Gasteiger partial charge in [-0.25, -0.2) is 4.79 Å². The first kappa shape index (κ1) is 36.5. The summed E-state index contributed by atoms with van der Waals surface area (Å²) in [5.74, 6) is 1.22. The first-order chi connectivity index (χ1) is 22.0. The van der Waals surface area contributed by atoms with Crippen LogP contribution in [-0.2, 0) is 10.2 Å². The van der Waals surface area contributed by atoms with Crippen molar-refractivity contribution in [3.8, 4) is 5.75 Å². The number of benzene rings is 3. The number of rotatable bonds is 8. The molecule has 252 valence electrons. The van der Waals surface area contributed by atoms with Crippen LogP contribution in [0.1, 0.15) is 69.0 Å². The van der Waals surface area contributed by atoms with E-state index in [4.69, 9.17) is 32.9 Å². The summed E-state index contributed by atoms with van der Waals surface area (Å²) in [6.07, 6.45) is 0. The zero-order valence-electron chi connectivity index (χ0n) is 27.6. The lowest BCUT2D eigenvalue weighted by atomic mass is 9.86. The number of hydrogen-bond acceptors (Lipinski definition) is 5. The lowest BCUT2D eigenvalue weighted by Crippen LogP contribution is -2.54. The van der Waals surface area contributed by atoms with Gasteiger partial charge in [0.05, 0.1) is 18.2 Å². The van der Waals surface area contributed by atoms with E-state index in [2.05, 4.69) is 43.1 Å². The molecule has 2 heterocycles. The lowest BCUT2D eigenvalue weighted by molar-refractivity contribution is -0.119. The second-order valence-corrected chi connectivity index (χ2v) is 13.7. The van der Waals surface area contributed by atoms with Gasteiger partial charge in [0.1, 0.15) is 17.6 Å². The molecule has 0 aromatic heterocycles. The van der Waals surface area contributed by atoms with Gasteiger partial charge in [0.2, 0.25) is 5.91 Å². The molecule has 3 aromatic rings. The third-order valence-electron chi connectivity index (χ3n) is 8.53. The van der Waals surface area contributed by atoms with Gasteiger partial charge in [0.25, 0.3) is 0 Å². The number of amides is 3. The van der Waals surface area contributed by atoms with Gasteiger partial charge in [-0.1, -0.05) is 74.3 Å². The summed E-state index contributed by atoms with van der Waals surface area (Å²) in [6, 6.07) is 20.6. The van der Waals surface area contributed by atoms with Crippen molar-refractivity contribution in [2.24, 2.45) is 4.99 Å². The second-order valence-electron chi connectivity index (χ2n) is 12.8. The summed E-state index contributed by atoms with van der Waals surface area (Å²) in [6.45, 7) is 14.3. The van der Waals surface area contributed by atoms with E-state index < -0.39 is 12.1 Å². The molecular formula is C36H44Cl3N5O3. The Morgan fingerprint density at radius 1 is 0.915 bits per heavy atom. The molecule has 1 saturated heterocycles. The summed E-state index contributed by atoms with van der Waals surface area (Å²) in [4.78, 5) is 37.5. The van der Waals surface area contributed by atoms with Crippen molar-refractivity contribution in [3.05, 3.63) is 99.0 Å². The van der Waals surface area contributed by atoms with Crippen LogP contribution in [0.15, 0.2) is 71.7 Å². The van der Waals surface area contributed by atoms with E-state index in [0.717, 1.165) is 28.8 Å². The molecule has 0 radical (unpaired) electrons. The summed E-state index contributed by atoms with van der Waals surface area (Å²) >= 11 is 12.6. The van der Waals surface area contributed by atoms with E-state index in [9.17, 15) is 9.59 Å². The molecule has 1 N–H and O–H groups in total. The Morgan fingerprint density at radius 2 is 1.51 bits per heavy atom. The highest BCUT2D eigenvalue weighted by Crippen LogP contribution is 2.46. The fraction of sp³-hybridized carbons (Fsp3) is 0.417. The first-order valence-electron chi connectivity index (χ1n) is 15.9. The van der Waals surface area contributed by atoms with Gasteiger partial charge < -0.3 is 15.0 Å². The van der Waals surface area contributed by atoms with Gasteiger partial charge in [-0.3, -0.25) is 19.6 Å². The highest BCUT2D eigenvalue weighted by molar-refractivity contribution is 6.30. The number of nitrogens with one attached hydrogen (secondary N) is 1. The van der Waals surface area contributed by atoms with Gasteiger partial charge in [-0.2, -0.15) is 0 Å². The maximum Gasteiger partial charge on any atom is 0.326 e. The number of carbonyl (C=O) groups excluding carboxylic acids is 2. The number of carbonyl (C=O) groups is 2. The minimum absolute atomic E-state index is 0. The van der Waals surface area contributed by atoms with Crippen LogP contribution >= 0.6 is 35.6 Å². The summed E-state index contributed by atoms with van der Waals surface area (Å²) in [5, 5.41) is 4.12. The van der Waals surface area contributed by atoms with Gasteiger partial charge >= 0.3 is 6.03 Å². The topological polar surface area (TPSA) is 77.5 Å². The van der Waals surface area contributed by atoms with Crippen molar-refractivity contribution in [1.29, 1.82) is 0 Å². The Morgan fingerprint density at radius 3 is 2.06 bits per heavy atom. The maximum atomic E-state index is 14.8. The van der Waals surface area contributed by atoms with Crippen molar-refractivity contribution in [3.63, 3.8) is 0 Å². The van der Waals surface area contributed by atoms with Crippen LogP contribution in [0.25, 0.3) is 0 Å². The van der Waals surface area contributed by atoms with E-state index >= 15 is 0 Å². The molecule has 2 atom stereocenters. The van der Waals surface area contributed by atoms with Crippen molar-refractivity contribution in [2.75, 3.05) is 45.9 Å². The average Bonchev–Trinajstić information content (AvgIpc) is 3.41. The van der Waals surface area contributed by atoms with Crippen LogP contribution in [0.5, 0.6) is 5.75 Å². The molecule has 2 aliphatic rings. The lowest BCUT2D eigenvalue weighted by Gasteiger charge is -2.39. The molecule has 11 heteroatoms. The standard InChI is InChI=1S/C36H43Cl2N5O3.ClH/c1-6-46-31-23-27(36(3,4)5)11-16-30(31)34-40-32(25-7-12-28(37)13-8-25)33(26-9-14-29(38)15-10-26)43(34)35(45)42-21-19-41(20-22-42)18-17-39-24(2)44;/h7-16,23,32-33H,6,17-22H2,1-5H3,(H,39,44);1H/t32-,33+;/m0./s1. The van der Waals surface area contributed by atoms with E-state index in [1.54, 1.807) is 0 Å². The van der Waals surface area contributed by atoms with Crippen LogP contribution in [0.3, 0.4) is 0 Å². The van der Waals surface area contributed by atoms with Gasteiger partial charge in [-0.15, -0.1) is 12.4 Å². The molecule has 3 aromatic carbocycles. The van der Waals surface area contributed by atoms with Gasteiger partial charge in [0.15, 0.2) is 0 Å². The summed E-state index contributed by atoms with van der Waals surface area (Å²) in [5.41, 5.74) is 3.69. The predicted octanol–water partition coefficient (Wildman–Crippen LogP) is 7.53. The van der Waals surface area contributed by atoms with E-state index in [0.29, 0.717) is 61.0 Å². The highest BCUT2D eigenvalue weighted by Gasteiger charge is 2.45. The van der Waals surface area contributed by atoms with Gasteiger partial charge in [0, 0.05) is 56.2 Å². The third-order valence-corrected chi connectivity index (χ3v) is 9.03. The van der Waals surface area contributed by atoms with Crippen molar-refractivity contribution >= 4 is 53.4 Å². The molecule has 2 aliphatic heterocycles. The average molecular weight is 701 g/mol. The van der Waals surface area contributed by atoms with Gasteiger partial charge in [-0.05, 0) is 65.4 Å². The number of urea groups is 1. The second kappa shape index (κ2) is 15.7. The quantitative estimate of drug-likeness (QED) is 0.264. The highest BCUT2D eigenvalue weighted by atomic mass is 35.5.